The number of aromatic nitrogens is 3. The van der Waals surface area contributed by atoms with Crippen LogP contribution in [0.1, 0.15) is 41.9 Å². The first-order valence-corrected chi connectivity index (χ1v) is 9.52. The fourth-order valence-corrected chi connectivity index (χ4v) is 3.79. The van der Waals surface area contributed by atoms with Crippen molar-refractivity contribution in [3.05, 3.63) is 59.6 Å². The van der Waals surface area contributed by atoms with Gasteiger partial charge in [0.1, 0.15) is 5.69 Å². The summed E-state index contributed by atoms with van der Waals surface area (Å²) in [6.45, 7) is 3.53. The first-order valence-electron chi connectivity index (χ1n) is 9.52. The van der Waals surface area contributed by atoms with Crippen LogP contribution in [0.5, 0.6) is 0 Å². The lowest BCUT2D eigenvalue weighted by molar-refractivity contribution is -0.173. The van der Waals surface area contributed by atoms with Gasteiger partial charge in [0.15, 0.2) is 5.82 Å². The highest BCUT2D eigenvalue weighted by molar-refractivity contribution is 5.75. The van der Waals surface area contributed by atoms with Crippen LogP contribution in [0.2, 0.25) is 0 Å². The molecule has 29 heavy (non-hydrogen) atoms. The smallest absolute Gasteiger partial charge is 0.404 e. The SMILES string of the molecule is N/C=C(/c1ccnc(C(F)(F)F)c1)c1ncc(CN2CCC3(CCO3)CC2)cn1. The number of halogens is 3. The summed E-state index contributed by atoms with van der Waals surface area (Å²) in [4.78, 5) is 14.4. The van der Waals surface area contributed by atoms with Gasteiger partial charge in [0.05, 0.1) is 12.2 Å². The molecular formula is C20H22F3N5O. The van der Waals surface area contributed by atoms with Crippen molar-refractivity contribution in [3.8, 4) is 0 Å². The molecular weight excluding hydrogens is 383 g/mol. The van der Waals surface area contributed by atoms with Crippen molar-refractivity contribution in [2.75, 3.05) is 19.7 Å². The van der Waals surface area contributed by atoms with Gasteiger partial charge in [-0.3, -0.25) is 9.88 Å². The average Bonchev–Trinajstić information content (AvgIpc) is 2.69. The maximum Gasteiger partial charge on any atom is 0.433 e. The molecule has 2 fully saturated rings. The van der Waals surface area contributed by atoms with Gasteiger partial charge in [-0.15, -0.1) is 0 Å². The van der Waals surface area contributed by atoms with Crippen molar-refractivity contribution >= 4 is 5.57 Å². The number of pyridine rings is 1. The van der Waals surface area contributed by atoms with Crippen LogP contribution >= 0.6 is 0 Å². The quantitative estimate of drug-likeness (QED) is 0.843. The topological polar surface area (TPSA) is 77.2 Å². The molecule has 2 aromatic heterocycles. The number of hydrogen-bond donors (Lipinski definition) is 1. The van der Waals surface area contributed by atoms with Crippen LogP contribution in [-0.2, 0) is 17.5 Å². The Morgan fingerprint density at radius 1 is 1.17 bits per heavy atom. The number of rotatable bonds is 4. The highest BCUT2D eigenvalue weighted by Crippen LogP contribution is 2.37. The van der Waals surface area contributed by atoms with Crippen molar-refractivity contribution in [1.29, 1.82) is 0 Å². The Morgan fingerprint density at radius 2 is 1.86 bits per heavy atom. The lowest BCUT2D eigenvalue weighted by Crippen LogP contribution is -2.52. The summed E-state index contributed by atoms with van der Waals surface area (Å²) in [7, 11) is 0. The van der Waals surface area contributed by atoms with Crippen LogP contribution < -0.4 is 5.73 Å². The van der Waals surface area contributed by atoms with E-state index in [1.165, 1.54) is 12.3 Å². The summed E-state index contributed by atoms with van der Waals surface area (Å²) in [5, 5.41) is 0. The monoisotopic (exact) mass is 405 g/mol. The van der Waals surface area contributed by atoms with E-state index in [2.05, 4.69) is 19.9 Å². The minimum Gasteiger partial charge on any atom is -0.404 e. The number of nitrogens with two attached hydrogens (primary N) is 1. The molecule has 0 amide bonds. The van der Waals surface area contributed by atoms with E-state index in [4.69, 9.17) is 10.5 Å². The van der Waals surface area contributed by atoms with Crippen molar-refractivity contribution in [2.45, 2.75) is 37.6 Å². The van der Waals surface area contributed by atoms with Gasteiger partial charge >= 0.3 is 6.18 Å². The molecule has 1 spiro atoms. The minimum absolute atomic E-state index is 0.109. The Kier molecular flexibility index (Phi) is 5.26. The molecule has 2 aromatic rings. The highest BCUT2D eigenvalue weighted by atomic mass is 19.4. The summed E-state index contributed by atoms with van der Waals surface area (Å²) < 4.78 is 44.5. The van der Waals surface area contributed by atoms with E-state index in [1.54, 1.807) is 12.4 Å². The summed E-state index contributed by atoms with van der Waals surface area (Å²) in [6, 6.07) is 2.40. The van der Waals surface area contributed by atoms with E-state index >= 15 is 0 Å². The average molecular weight is 405 g/mol. The largest absolute Gasteiger partial charge is 0.433 e. The third kappa shape index (κ3) is 4.25. The first-order chi connectivity index (χ1) is 13.9. The van der Waals surface area contributed by atoms with Crippen LogP contribution in [0.3, 0.4) is 0 Å². The second-order valence-corrected chi connectivity index (χ2v) is 7.48. The van der Waals surface area contributed by atoms with Gasteiger partial charge < -0.3 is 10.5 Å². The number of likely N-dealkylation sites (tertiary alicyclic amines) is 1. The molecule has 2 saturated heterocycles. The van der Waals surface area contributed by atoms with Gasteiger partial charge in [0.2, 0.25) is 0 Å². The third-order valence-corrected chi connectivity index (χ3v) is 5.61. The molecule has 0 saturated carbocycles. The summed E-state index contributed by atoms with van der Waals surface area (Å²) in [6.07, 6.45) is 4.41. The molecule has 2 aliphatic rings. The van der Waals surface area contributed by atoms with Crippen LogP contribution in [0.15, 0.2) is 36.9 Å². The van der Waals surface area contributed by atoms with Crippen molar-refractivity contribution < 1.29 is 17.9 Å². The van der Waals surface area contributed by atoms with Crippen LogP contribution in [0, 0.1) is 0 Å². The second-order valence-electron chi connectivity index (χ2n) is 7.48. The van der Waals surface area contributed by atoms with Gasteiger partial charge in [-0.2, -0.15) is 13.2 Å². The molecule has 4 rings (SSSR count). The lowest BCUT2D eigenvalue weighted by Gasteiger charge is -2.47. The van der Waals surface area contributed by atoms with E-state index in [0.717, 1.165) is 63.3 Å². The normalized spacial score (nSPS) is 19.9. The molecule has 2 aliphatic heterocycles. The summed E-state index contributed by atoms with van der Waals surface area (Å²) in [5.74, 6) is 0.274. The predicted molar refractivity (Wildman–Crippen MR) is 100 cm³/mol. The highest BCUT2D eigenvalue weighted by Gasteiger charge is 2.40. The van der Waals surface area contributed by atoms with Gasteiger partial charge in [-0.05, 0) is 37.0 Å². The Bertz CT molecular complexity index is 884. The molecule has 4 heterocycles. The zero-order valence-corrected chi connectivity index (χ0v) is 15.8. The van der Waals surface area contributed by atoms with Crippen LogP contribution in [0.25, 0.3) is 5.57 Å². The number of ether oxygens (including phenoxy) is 1. The van der Waals surface area contributed by atoms with E-state index in [9.17, 15) is 13.2 Å². The van der Waals surface area contributed by atoms with Gasteiger partial charge in [0.25, 0.3) is 0 Å². The Morgan fingerprint density at radius 3 is 2.41 bits per heavy atom. The van der Waals surface area contributed by atoms with E-state index in [-0.39, 0.29) is 17.0 Å². The van der Waals surface area contributed by atoms with Crippen molar-refractivity contribution in [3.63, 3.8) is 0 Å². The number of alkyl halides is 3. The molecule has 2 N–H and O–H groups in total. The molecule has 0 bridgehead atoms. The van der Waals surface area contributed by atoms with Crippen LogP contribution in [0.4, 0.5) is 13.2 Å². The van der Waals surface area contributed by atoms with E-state index < -0.39 is 11.9 Å². The van der Waals surface area contributed by atoms with Crippen molar-refractivity contribution in [2.24, 2.45) is 5.73 Å². The van der Waals surface area contributed by atoms with Crippen molar-refractivity contribution in [1.82, 2.24) is 19.9 Å². The molecule has 9 heteroatoms. The molecule has 0 radical (unpaired) electrons. The molecule has 0 aliphatic carbocycles. The third-order valence-electron chi connectivity index (χ3n) is 5.61. The number of piperidine rings is 1. The Labute approximate surface area is 166 Å². The van der Waals surface area contributed by atoms with Gasteiger partial charge in [0, 0.05) is 55.6 Å². The number of hydrogen-bond acceptors (Lipinski definition) is 6. The standard InChI is InChI=1S/C20H22F3N5O/c21-20(22,23)17-9-15(1-5-25-17)16(10-24)18-26-11-14(12-27-18)13-28-6-2-19(3-7-28)4-8-29-19/h1,5,9-12H,2-4,6-8,13,24H2/b16-10-. The maximum atomic E-state index is 12.9. The summed E-state index contributed by atoms with van der Waals surface area (Å²) >= 11 is 0. The Hall–Kier alpha value is -2.52. The zero-order valence-electron chi connectivity index (χ0n) is 15.8. The Balaban J connectivity index is 1.44. The molecule has 0 aromatic carbocycles. The minimum atomic E-state index is -4.53. The molecule has 6 nitrogen and oxygen atoms in total. The fraction of sp³-hybridized carbons (Fsp3) is 0.450. The maximum absolute atomic E-state index is 12.9. The molecule has 0 unspecified atom stereocenters. The predicted octanol–water partition coefficient (Wildman–Crippen LogP) is 2.99. The first kappa shape index (κ1) is 19.8. The van der Waals surface area contributed by atoms with E-state index in [0.29, 0.717) is 5.57 Å². The molecule has 154 valence electrons. The fourth-order valence-electron chi connectivity index (χ4n) is 3.79. The summed E-state index contributed by atoms with van der Waals surface area (Å²) in [5.41, 5.74) is 6.33. The van der Waals surface area contributed by atoms with Crippen LogP contribution in [-0.4, -0.2) is 45.1 Å². The lowest BCUT2D eigenvalue weighted by atomic mass is 9.84. The second kappa shape index (κ2) is 7.72. The molecule has 0 atom stereocenters. The number of nitrogens with zero attached hydrogens (tertiary/aromatic N) is 4. The van der Waals surface area contributed by atoms with E-state index in [1.807, 2.05) is 0 Å². The van der Waals surface area contributed by atoms with Gasteiger partial charge in [-0.1, -0.05) is 0 Å². The van der Waals surface area contributed by atoms with Gasteiger partial charge in [-0.25, -0.2) is 9.97 Å². The zero-order chi connectivity index (χ0) is 20.5.